The monoisotopic (exact) mass is 524 g/mol. The lowest BCUT2D eigenvalue weighted by Gasteiger charge is -2.24. The van der Waals surface area contributed by atoms with E-state index in [2.05, 4.69) is 0 Å². The molecule has 0 bridgehead atoms. The van der Waals surface area contributed by atoms with Gasteiger partial charge in [-0.15, -0.1) is 0 Å². The summed E-state index contributed by atoms with van der Waals surface area (Å²) >= 11 is 0. The molecular formula is C30H44N4O4. The van der Waals surface area contributed by atoms with Crippen LogP contribution < -0.4 is 22.9 Å². The molecule has 2 aromatic rings. The van der Waals surface area contributed by atoms with Gasteiger partial charge in [-0.05, 0) is 47.6 Å². The molecule has 0 radical (unpaired) electrons. The van der Waals surface area contributed by atoms with E-state index in [0.717, 1.165) is 86.1 Å². The van der Waals surface area contributed by atoms with Crippen LogP contribution in [0, 0.1) is 0 Å². The Bertz CT molecular complexity index is 1090. The fourth-order valence-electron chi connectivity index (χ4n) is 5.24. The molecule has 0 aliphatic heterocycles. The molecular weight excluding hydrogens is 480 g/mol. The van der Waals surface area contributed by atoms with Gasteiger partial charge in [0, 0.05) is 12.8 Å². The first-order valence-electron chi connectivity index (χ1n) is 13.9. The second-order valence-electron chi connectivity index (χ2n) is 10.2. The van der Waals surface area contributed by atoms with Crippen molar-refractivity contribution in [3.05, 3.63) is 47.5 Å². The molecule has 0 saturated heterocycles. The highest BCUT2D eigenvalue weighted by Crippen LogP contribution is 2.38. The number of hydrogen-bond acceptors (Lipinski definition) is 4. The highest BCUT2D eigenvalue weighted by molar-refractivity contribution is 5.95. The van der Waals surface area contributed by atoms with Gasteiger partial charge in [-0.1, -0.05) is 87.8 Å². The Hall–Kier alpha value is -3.42. The van der Waals surface area contributed by atoms with E-state index in [1.807, 2.05) is 36.4 Å². The molecule has 2 atom stereocenters. The Labute approximate surface area is 225 Å². The van der Waals surface area contributed by atoms with Crippen molar-refractivity contribution < 1.29 is 19.2 Å². The third kappa shape index (κ3) is 10.1. The first-order chi connectivity index (χ1) is 18.2. The van der Waals surface area contributed by atoms with Crippen molar-refractivity contribution in [3.8, 4) is 0 Å². The van der Waals surface area contributed by atoms with Crippen LogP contribution >= 0.6 is 0 Å². The number of hydrogen-bond donors (Lipinski definition) is 4. The summed E-state index contributed by atoms with van der Waals surface area (Å²) in [5.74, 6) is -2.43. The lowest BCUT2D eigenvalue weighted by Crippen LogP contribution is -2.27. The first-order valence-corrected chi connectivity index (χ1v) is 13.9. The molecule has 0 spiro atoms. The second-order valence-corrected chi connectivity index (χ2v) is 10.2. The van der Waals surface area contributed by atoms with E-state index in [1.165, 1.54) is 0 Å². The van der Waals surface area contributed by atoms with Gasteiger partial charge in [0.2, 0.25) is 23.6 Å². The summed E-state index contributed by atoms with van der Waals surface area (Å²) in [6, 6.07) is 11.7. The van der Waals surface area contributed by atoms with Gasteiger partial charge in [-0.2, -0.15) is 0 Å². The van der Waals surface area contributed by atoms with E-state index >= 15 is 0 Å². The van der Waals surface area contributed by atoms with Gasteiger partial charge in [0.1, 0.15) is 0 Å². The molecule has 208 valence electrons. The van der Waals surface area contributed by atoms with Gasteiger partial charge in [-0.3, -0.25) is 19.2 Å². The molecule has 2 aromatic carbocycles. The number of nitrogens with two attached hydrogens (primary N) is 4. The van der Waals surface area contributed by atoms with Crippen LogP contribution in [0.1, 0.15) is 113 Å². The van der Waals surface area contributed by atoms with Gasteiger partial charge in [-0.25, -0.2) is 0 Å². The normalized spacial score (nSPS) is 12.7. The van der Waals surface area contributed by atoms with Gasteiger partial charge >= 0.3 is 0 Å². The van der Waals surface area contributed by atoms with E-state index < -0.39 is 23.7 Å². The zero-order valence-corrected chi connectivity index (χ0v) is 22.5. The Kier molecular flexibility index (Phi) is 13.3. The smallest absolute Gasteiger partial charge is 0.224 e. The summed E-state index contributed by atoms with van der Waals surface area (Å²) in [5, 5.41) is 1.91. The Morgan fingerprint density at radius 3 is 1.55 bits per heavy atom. The quantitative estimate of drug-likeness (QED) is 0.188. The summed E-state index contributed by atoms with van der Waals surface area (Å²) in [6.07, 6.45) is 10.7. The molecule has 2 unspecified atom stereocenters. The van der Waals surface area contributed by atoms with Gasteiger partial charge in [0.15, 0.2) is 0 Å². The Morgan fingerprint density at radius 1 is 0.553 bits per heavy atom. The molecule has 0 aliphatic carbocycles. The van der Waals surface area contributed by atoms with Crippen LogP contribution in [0.2, 0.25) is 0 Å². The van der Waals surface area contributed by atoms with E-state index in [0.29, 0.717) is 25.7 Å². The lowest BCUT2D eigenvalue weighted by molar-refractivity contribution is -0.121. The molecule has 4 amide bonds. The van der Waals surface area contributed by atoms with Gasteiger partial charge in [0.25, 0.3) is 0 Å². The SMILES string of the molecule is NC(=O)CCCCCCCC(C(N)=O)c1ccc2ccccc2c1C(CCCCCCCC(N)=O)C(N)=O. The summed E-state index contributed by atoms with van der Waals surface area (Å²) in [6.45, 7) is 0. The van der Waals surface area contributed by atoms with Crippen molar-refractivity contribution in [1.29, 1.82) is 0 Å². The maximum atomic E-state index is 12.8. The van der Waals surface area contributed by atoms with Crippen molar-refractivity contribution in [2.75, 3.05) is 0 Å². The number of benzene rings is 2. The molecule has 0 saturated carbocycles. The summed E-state index contributed by atoms with van der Waals surface area (Å²) in [5.41, 5.74) is 23.9. The van der Waals surface area contributed by atoms with Crippen molar-refractivity contribution >= 4 is 34.4 Å². The van der Waals surface area contributed by atoms with Crippen molar-refractivity contribution in [2.24, 2.45) is 22.9 Å². The standard InChI is InChI=1S/C30H44N4O4/c31-26(35)17-9-5-1-3-7-15-24(29(33)37)23-20-19-21-13-11-12-14-22(21)28(23)25(30(34)38)16-8-4-2-6-10-18-27(32)36/h11-14,19-20,24-25H,1-10,15-18H2,(H2,31,35)(H2,32,36)(H2,33,37)(H2,34,38). The van der Waals surface area contributed by atoms with Crippen LogP contribution in [0.15, 0.2) is 36.4 Å². The summed E-state index contributed by atoms with van der Waals surface area (Å²) in [4.78, 5) is 47.2. The number of unbranched alkanes of at least 4 members (excludes halogenated alkanes) is 8. The number of primary amides is 4. The fraction of sp³-hybridized carbons (Fsp3) is 0.533. The summed E-state index contributed by atoms with van der Waals surface area (Å²) < 4.78 is 0. The first kappa shape index (κ1) is 30.8. The molecule has 8 nitrogen and oxygen atoms in total. The minimum Gasteiger partial charge on any atom is -0.370 e. The number of amides is 4. The van der Waals surface area contributed by atoms with Crippen molar-refractivity contribution in [1.82, 2.24) is 0 Å². The van der Waals surface area contributed by atoms with Crippen LogP contribution in [-0.2, 0) is 19.2 Å². The Balaban J connectivity index is 2.18. The molecule has 38 heavy (non-hydrogen) atoms. The van der Waals surface area contributed by atoms with E-state index in [4.69, 9.17) is 22.9 Å². The topological polar surface area (TPSA) is 172 Å². The minimum absolute atomic E-state index is 0.283. The zero-order chi connectivity index (χ0) is 27.9. The number of rotatable bonds is 20. The largest absolute Gasteiger partial charge is 0.370 e. The predicted octanol–water partition coefficient (Wildman–Crippen LogP) is 4.41. The van der Waals surface area contributed by atoms with Crippen LogP contribution in [0.3, 0.4) is 0 Å². The molecule has 0 aromatic heterocycles. The fourth-order valence-corrected chi connectivity index (χ4v) is 5.24. The average molecular weight is 525 g/mol. The minimum atomic E-state index is -0.530. The van der Waals surface area contributed by atoms with Crippen LogP contribution in [0.5, 0.6) is 0 Å². The Morgan fingerprint density at radius 2 is 1.03 bits per heavy atom. The molecule has 8 N–H and O–H groups in total. The highest BCUT2D eigenvalue weighted by Gasteiger charge is 2.28. The molecule has 0 aliphatic rings. The van der Waals surface area contributed by atoms with Crippen LogP contribution in [-0.4, -0.2) is 23.6 Å². The highest BCUT2D eigenvalue weighted by atomic mass is 16.2. The van der Waals surface area contributed by atoms with Gasteiger partial charge in [0.05, 0.1) is 11.8 Å². The second kappa shape index (κ2) is 16.4. The zero-order valence-electron chi connectivity index (χ0n) is 22.5. The maximum Gasteiger partial charge on any atom is 0.224 e. The van der Waals surface area contributed by atoms with E-state index in [9.17, 15) is 19.2 Å². The van der Waals surface area contributed by atoms with Crippen LogP contribution in [0.4, 0.5) is 0 Å². The number of fused-ring (bicyclic) bond motifs is 1. The van der Waals surface area contributed by atoms with E-state index in [1.54, 1.807) is 0 Å². The average Bonchev–Trinajstić information content (AvgIpc) is 2.86. The van der Waals surface area contributed by atoms with E-state index in [-0.39, 0.29) is 11.8 Å². The van der Waals surface area contributed by atoms with Crippen molar-refractivity contribution in [2.45, 2.75) is 102 Å². The molecule has 0 fully saturated rings. The third-order valence-corrected chi connectivity index (χ3v) is 7.25. The molecule has 8 heteroatoms. The summed E-state index contributed by atoms with van der Waals surface area (Å²) in [7, 11) is 0. The predicted molar refractivity (Wildman–Crippen MR) is 151 cm³/mol. The van der Waals surface area contributed by atoms with Gasteiger partial charge < -0.3 is 22.9 Å². The molecule has 2 rings (SSSR count). The number of carbonyl (C=O) groups is 4. The maximum absolute atomic E-state index is 12.8. The van der Waals surface area contributed by atoms with Crippen molar-refractivity contribution in [3.63, 3.8) is 0 Å². The molecule has 0 heterocycles. The lowest BCUT2D eigenvalue weighted by atomic mass is 9.79. The van der Waals surface area contributed by atoms with Crippen LogP contribution in [0.25, 0.3) is 10.8 Å². The number of carbonyl (C=O) groups excluding carboxylic acids is 4. The third-order valence-electron chi connectivity index (χ3n) is 7.25.